The summed E-state index contributed by atoms with van der Waals surface area (Å²) < 4.78 is 13.5. The van der Waals surface area contributed by atoms with Gasteiger partial charge < -0.3 is 10.4 Å². The first-order chi connectivity index (χ1) is 6.59. The van der Waals surface area contributed by atoms with Crippen LogP contribution in [0.1, 0.15) is 11.1 Å². The number of rotatable bonds is 1. The Hall–Kier alpha value is -1.58. The molecule has 2 rings (SSSR count). The standard InChI is InChI=1S/C10H10FNO2/c1-5-2-3-7-6(9(5)11)4-8(12-7)10(13)14/h2-3,8,12H,4H2,1H3,(H,13,14). The molecule has 2 N–H and O–H groups in total. The monoisotopic (exact) mass is 195 g/mol. The van der Waals surface area contributed by atoms with Gasteiger partial charge in [0.2, 0.25) is 0 Å². The zero-order valence-corrected chi connectivity index (χ0v) is 7.67. The van der Waals surface area contributed by atoms with E-state index in [2.05, 4.69) is 5.32 Å². The number of aliphatic carboxylic acids is 1. The number of aryl methyl sites for hydroxylation is 1. The smallest absolute Gasteiger partial charge is 0.326 e. The summed E-state index contributed by atoms with van der Waals surface area (Å²) in [6.07, 6.45) is 0.220. The molecule has 0 aliphatic carbocycles. The van der Waals surface area contributed by atoms with E-state index in [1.165, 1.54) is 0 Å². The lowest BCUT2D eigenvalue weighted by Gasteiger charge is -2.03. The predicted molar refractivity (Wildman–Crippen MR) is 49.9 cm³/mol. The Morgan fingerprint density at radius 1 is 1.64 bits per heavy atom. The van der Waals surface area contributed by atoms with Crippen molar-refractivity contribution in [3.05, 3.63) is 29.1 Å². The van der Waals surface area contributed by atoms with E-state index < -0.39 is 12.0 Å². The van der Waals surface area contributed by atoms with Crippen LogP contribution >= 0.6 is 0 Å². The fraction of sp³-hybridized carbons (Fsp3) is 0.300. The van der Waals surface area contributed by atoms with Crippen molar-refractivity contribution < 1.29 is 14.3 Å². The molecule has 1 aliphatic rings. The van der Waals surface area contributed by atoms with Crippen molar-refractivity contribution in [2.45, 2.75) is 19.4 Å². The van der Waals surface area contributed by atoms with E-state index in [0.717, 1.165) is 0 Å². The third-order valence-electron chi connectivity index (χ3n) is 2.47. The minimum Gasteiger partial charge on any atom is -0.480 e. The van der Waals surface area contributed by atoms with Crippen molar-refractivity contribution in [3.8, 4) is 0 Å². The van der Waals surface area contributed by atoms with Crippen molar-refractivity contribution in [2.75, 3.05) is 5.32 Å². The van der Waals surface area contributed by atoms with Crippen LogP contribution in [-0.2, 0) is 11.2 Å². The molecule has 3 nitrogen and oxygen atoms in total. The number of carboxylic acids is 1. The maximum absolute atomic E-state index is 13.5. The molecule has 1 unspecified atom stereocenters. The number of carboxylic acid groups (broad SMARTS) is 1. The molecule has 0 saturated carbocycles. The fourth-order valence-corrected chi connectivity index (χ4v) is 1.67. The number of carbonyl (C=O) groups is 1. The Morgan fingerprint density at radius 3 is 3.00 bits per heavy atom. The SMILES string of the molecule is Cc1ccc2c(c1F)CC(C(=O)O)N2. The molecule has 1 aliphatic heterocycles. The molecule has 0 aromatic heterocycles. The second kappa shape index (κ2) is 2.97. The van der Waals surface area contributed by atoms with Gasteiger partial charge in [0.15, 0.2) is 0 Å². The number of halogens is 1. The Labute approximate surface area is 80.6 Å². The summed E-state index contributed by atoms with van der Waals surface area (Å²) in [5, 5.41) is 11.5. The highest BCUT2D eigenvalue weighted by Gasteiger charge is 2.28. The molecule has 4 heteroatoms. The summed E-state index contributed by atoms with van der Waals surface area (Å²) in [5.41, 5.74) is 1.63. The maximum atomic E-state index is 13.5. The number of anilines is 1. The molecule has 1 heterocycles. The van der Waals surface area contributed by atoms with Crippen molar-refractivity contribution >= 4 is 11.7 Å². The van der Waals surface area contributed by atoms with Gasteiger partial charge in [0.25, 0.3) is 0 Å². The minimum absolute atomic E-state index is 0.220. The minimum atomic E-state index is -0.946. The topological polar surface area (TPSA) is 49.3 Å². The van der Waals surface area contributed by atoms with Crippen LogP contribution in [0.3, 0.4) is 0 Å². The van der Waals surface area contributed by atoms with E-state index in [-0.39, 0.29) is 12.2 Å². The molecule has 1 aromatic rings. The van der Waals surface area contributed by atoms with Gasteiger partial charge >= 0.3 is 5.97 Å². The molecule has 74 valence electrons. The molecule has 0 spiro atoms. The Kier molecular flexibility index (Phi) is 1.91. The highest BCUT2D eigenvalue weighted by atomic mass is 19.1. The number of hydrogen-bond acceptors (Lipinski definition) is 2. The Morgan fingerprint density at radius 2 is 2.36 bits per heavy atom. The summed E-state index contributed by atoms with van der Waals surface area (Å²) in [7, 11) is 0. The summed E-state index contributed by atoms with van der Waals surface area (Å²) in [6, 6.07) is 2.67. The van der Waals surface area contributed by atoms with E-state index >= 15 is 0 Å². The van der Waals surface area contributed by atoms with E-state index in [4.69, 9.17) is 5.11 Å². The Balaban J connectivity index is 2.40. The van der Waals surface area contributed by atoms with Gasteiger partial charge in [-0.25, -0.2) is 9.18 Å². The first kappa shape index (κ1) is 8.99. The van der Waals surface area contributed by atoms with Crippen molar-refractivity contribution in [3.63, 3.8) is 0 Å². The number of fused-ring (bicyclic) bond motifs is 1. The predicted octanol–water partition coefficient (Wildman–Crippen LogP) is 1.56. The molecule has 0 radical (unpaired) electrons. The second-order valence-corrected chi connectivity index (χ2v) is 3.46. The van der Waals surface area contributed by atoms with Gasteiger partial charge in [-0.2, -0.15) is 0 Å². The fourth-order valence-electron chi connectivity index (χ4n) is 1.67. The van der Waals surface area contributed by atoms with E-state index in [1.807, 2.05) is 0 Å². The van der Waals surface area contributed by atoms with Crippen LogP contribution in [0.2, 0.25) is 0 Å². The van der Waals surface area contributed by atoms with Crippen molar-refractivity contribution in [1.29, 1.82) is 0 Å². The third-order valence-corrected chi connectivity index (χ3v) is 2.47. The highest BCUT2D eigenvalue weighted by Crippen LogP contribution is 2.29. The molecular formula is C10H10FNO2. The quantitative estimate of drug-likeness (QED) is 0.714. The molecule has 1 aromatic carbocycles. The van der Waals surface area contributed by atoms with Gasteiger partial charge in [-0.15, -0.1) is 0 Å². The van der Waals surface area contributed by atoms with Crippen LogP contribution < -0.4 is 5.32 Å². The van der Waals surface area contributed by atoms with Crippen LogP contribution in [0.4, 0.5) is 10.1 Å². The molecule has 0 amide bonds. The largest absolute Gasteiger partial charge is 0.480 e. The van der Waals surface area contributed by atoms with Crippen LogP contribution in [0, 0.1) is 12.7 Å². The van der Waals surface area contributed by atoms with Gasteiger partial charge in [0, 0.05) is 17.7 Å². The zero-order valence-electron chi connectivity index (χ0n) is 7.67. The van der Waals surface area contributed by atoms with Crippen LogP contribution in [0.25, 0.3) is 0 Å². The lowest BCUT2D eigenvalue weighted by Crippen LogP contribution is -2.26. The van der Waals surface area contributed by atoms with E-state index in [0.29, 0.717) is 16.8 Å². The first-order valence-corrected chi connectivity index (χ1v) is 4.37. The summed E-state index contributed by atoms with van der Waals surface area (Å²) in [5.74, 6) is -1.24. The molecule has 1 atom stereocenters. The number of nitrogens with one attached hydrogen (secondary N) is 1. The summed E-state index contributed by atoms with van der Waals surface area (Å²) in [6.45, 7) is 1.67. The lowest BCUT2D eigenvalue weighted by molar-refractivity contribution is -0.137. The van der Waals surface area contributed by atoms with Crippen molar-refractivity contribution in [1.82, 2.24) is 0 Å². The van der Waals surface area contributed by atoms with Gasteiger partial charge in [-0.1, -0.05) is 6.07 Å². The summed E-state index contributed by atoms with van der Waals surface area (Å²) >= 11 is 0. The molecule has 0 fully saturated rings. The zero-order chi connectivity index (χ0) is 10.3. The summed E-state index contributed by atoms with van der Waals surface area (Å²) in [4.78, 5) is 10.7. The number of hydrogen-bond donors (Lipinski definition) is 2. The third kappa shape index (κ3) is 1.23. The first-order valence-electron chi connectivity index (χ1n) is 4.37. The highest BCUT2D eigenvalue weighted by molar-refractivity contribution is 5.81. The second-order valence-electron chi connectivity index (χ2n) is 3.46. The van der Waals surface area contributed by atoms with Crippen molar-refractivity contribution in [2.24, 2.45) is 0 Å². The van der Waals surface area contributed by atoms with Gasteiger partial charge in [-0.3, -0.25) is 0 Å². The molecule has 0 saturated heterocycles. The van der Waals surface area contributed by atoms with Crippen LogP contribution in [-0.4, -0.2) is 17.1 Å². The average Bonchev–Trinajstić information content (AvgIpc) is 2.56. The van der Waals surface area contributed by atoms with E-state index in [1.54, 1.807) is 19.1 Å². The molecule has 0 bridgehead atoms. The Bertz CT molecular complexity index is 403. The van der Waals surface area contributed by atoms with Gasteiger partial charge in [0.05, 0.1) is 0 Å². The average molecular weight is 195 g/mol. The molecule has 14 heavy (non-hydrogen) atoms. The van der Waals surface area contributed by atoms with Crippen LogP contribution in [0.5, 0.6) is 0 Å². The van der Waals surface area contributed by atoms with Crippen LogP contribution in [0.15, 0.2) is 12.1 Å². The van der Waals surface area contributed by atoms with E-state index in [9.17, 15) is 9.18 Å². The maximum Gasteiger partial charge on any atom is 0.326 e. The van der Waals surface area contributed by atoms with Gasteiger partial charge in [-0.05, 0) is 18.6 Å². The molecular weight excluding hydrogens is 185 g/mol. The number of benzene rings is 1. The normalized spacial score (nSPS) is 18.9. The lowest BCUT2D eigenvalue weighted by atomic mass is 10.1. The van der Waals surface area contributed by atoms with Gasteiger partial charge in [0.1, 0.15) is 11.9 Å².